The van der Waals surface area contributed by atoms with Crippen LogP contribution in [0.5, 0.6) is 0 Å². The molecule has 0 bridgehead atoms. The predicted octanol–water partition coefficient (Wildman–Crippen LogP) is -0.0472. The molecule has 1 aromatic heterocycles. The van der Waals surface area contributed by atoms with Gasteiger partial charge in [0.15, 0.2) is 0 Å². The molecule has 3 rings (SSSR count). The maximum absolute atomic E-state index is 12.4. The minimum absolute atomic E-state index is 0.0604. The number of rotatable bonds is 4. The van der Waals surface area contributed by atoms with Crippen LogP contribution in [0.4, 0.5) is 4.79 Å². The SMILES string of the molecule is O=C(CN1CCOC1=O)N1CCCO[C@@H](Cn2cccn2)C1. The number of carbonyl (C=O) groups is 2. The van der Waals surface area contributed by atoms with Gasteiger partial charge in [-0.3, -0.25) is 14.4 Å². The molecular weight excluding hydrogens is 288 g/mol. The summed E-state index contributed by atoms with van der Waals surface area (Å²) >= 11 is 0. The number of ether oxygens (including phenoxy) is 2. The fourth-order valence-corrected chi connectivity index (χ4v) is 2.68. The van der Waals surface area contributed by atoms with E-state index in [9.17, 15) is 9.59 Å². The lowest BCUT2D eigenvalue weighted by Gasteiger charge is -2.25. The summed E-state index contributed by atoms with van der Waals surface area (Å²) in [7, 11) is 0. The van der Waals surface area contributed by atoms with E-state index in [1.165, 1.54) is 4.90 Å². The summed E-state index contributed by atoms with van der Waals surface area (Å²) in [4.78, 5) is 27.0. The Morgan fingerprint density at radius 2 is 2.27 bits per heavy atom. The first-order valence-corrected chi connectivity index (χ1v) is 7.51. The smallest absolute Gasteiger partial charge is 0.410 e. The van der Waals surface area contributed by atoms with Gasteiger partial charge in [-0.25, -0.2) is 4.79 Å². The molecule has 0 radical (unpaired) electrons. The quantitative estimate of drug-likeness (QED) is 0.779. The fourth-order valence-electron chi connectivity index (χ4n) is 2.68. The number of aromatic nitrogens is 2. The van der Waals surface area contributed by atoms with Crippen molar-refractivity contribution in [2.24, 2.45) is 0 Å². The molecule has 0 saturated carbocycles. The van der Waals surface area contributed by atoms with Crippen LogP contribution in [0.15, 0.2) is 18.5 Å². The molecule has 0 aliphatic carbocycles. The Kier molecular flexibility index (Phi) is 4.57. The van der Waals surface area contributed by atoms with Gasteiger partial charge in [0.05, 0.1) is 19.2 Å². The molecule has 22 heavy (non-hydrogen) atoms. The van der Waals surface area contributed by atoms with Crippen molar-refractivity contribution < 1.29 is 19.1 Å². The number of nitrogens with zero attached hydrogens (tertiary/aromatic N) is 4. The van der Waals surface area contributed by atoms with E-state index in [-0.39, 0.29) is 18.6 Å². The summed E-state index contributed by atoms with van der Waals surface area (Å²) in [5, 5.41) is 4.17. The number of hydrogen-bond acceptors (Lipinski definition) is 5. The zero-order chi connectivity index (χ0) is 15.4. The van der Waals surface area contributed by atoms with Gasteiger partial charge in [-0.2, -0.15) is 5.10 Å². The third-order valence-electron chi connectivity index (χ3n) is 3.82. The zero-order valence-electron chi connectivity index (χ0n) is 12.4. The van der Waals surface area contributed by atoms with Crippen LogP contribution in [-0.2, 0) is 20.8 Å². The lowest BCUT2D eigenvalue weighted by molar-refractivity contribution is -0.132. The van der Waals surface area contributed by atoms with Crippen molar-refractivity contribution in [2.45, 2.75) is 19.1 Å². The van der Waals surface area contributed by atoms with Gasteiger partial charge in [-0.05, 0) is 12.5 Å². The minimum Gasteiger partial charge on any atom is -0.448 e. The first-order valence-electron chi connectivity index (χ1n) is 7.51. The summed E-state index contributed by atoms with van der Waals surface area (Å²) in [6.45, 7) is 3.32. The maximum Gasteiger partial charge on any atom is 0.410 e. The van der Waals surface area contributed by atoms with E-state index in [2.05, 4.69) is 5.10 Å². The van der Waals surface area contributed by atoms with E-state index in [1.54, 1.807) is 15.8 Å². The third kappa shape index (κ3) is 3.56. The monoisotopic (exact) mass is 308 g/mol. The van der Waals surface area contributed by atoms with Crippen molar-refractivity contribution in [3.63, 3.8) is 0 Å². The van der Waals surface area contributed by atoms with E-state index in [0.29, 0.717) is 39.4 Å². The van der Waals surface area contributed by atoms with Crippen LogP contribution < -0.4 is 0 Å². The van der Waals surface area contributed by atoms with Crippen molar-refractivity contribution in [2.75, 3.05) is 39.4 Å². The summed E-state index contributed by atoms with van der Waals surface area (Å²) in [6.07, 6.45) is 3.90. The highest BCUT2D eigenvalue weighted by Crippen LogP contribution is 2.10. The highest BCUT2D eigenvalue weighted by Gasteiger charge is 2.28. The van der Waals surface area contributed by atoms with Crippen molar-refractivity contribution in [3.05, 3.63) is 18.5 Å². The van der Waals surface area contributed by atoms with Crippen molar-refractivity contribution >= 4 is 12.0 Å². The van der Waals surface area contributed by atoms with E-state index in [0.717, 1.165) is 6.42 Å². The van der Waals surface area contributed by atoms with Crippen LogP contribution in [0.2, 0.25) is 0 Å². The van der Waals surface area contributed by atoms with Gasteiger partial charge in [0.25, 0.3) is 0 Å². The van der Waals surface area contributed by atoms with Crippen molar-refractivity contribution in [1.29, 1.82) is 0 Å². The maximum atomic E-state index is 12.4. The van der Waals surface area contributed by atoms with Crippen LogP contribution in [0.1, 0.15) is 6.42 Å². The second kappa shape index (κ2) is 6.78. The molecule has 1 atom stereocenters. The van der Waals surface area contributed by atoms with E-state index in [1.807, 2.05) is 12.3 Å². The number of hydrogen-bond donors (Lipinski definition) is 0. The Morgan fingerprint density at radius 3 is 3.00 bits per heavy atom. The summed E-state index contributed by atoms with van der Waals surface area (Å²) < 4.78 is 12.4. The molecule has 0 N–H and O–H groups in total. The van der Waals surface area contributed by atoms with Gasteiger partial charge < -0.3 is 14.4 Å². The third-order valence-corrected chi connectivity index (χ3v) is 3.82. The molecule has 2 aliphatic heterocycles. The van der Waals surface area contributed by atoms with E-state index >= 15 is 0 Å². The fraction of sp³-hybridized carbons (Fsp3) is 0.643. The van der Waals surface area contributed by atoms with Gasteiger partial charge in [-0.15, -0.1) is 0 Å². The van der Waals surface area contributed by atoms with Crippen LogP contribution in [0.25, 0.3) is 0 Å². The Labute approximate surface area is 128 Å². The molecule has 2 aliphatic rings. The molecule has 2 amide bonds. The van der Waals surface area contributed by atoms with Gasteiger partial charge in [0, 0.05) is 32.1 Å². The topological polar surface area (TPSA) is 76.9 Å². The van der Waals surface area contributed by atoms with Crippen LogP contribution >= 0.6 is 0 Å². The minimum atomic E-state index is -0.410. The van der Waals surface area contributed by atoms with Crippen molar-refractivity contribution in [1.82, 2.24) is 19.6 Å². The number of amides is 2. The van der Waals surface area contributed by atoms with E-state index in [4.69, 9.17) is 9.47 Å². The summed E-state index contributed by atoms with van der Waals surface area (Å²) in [6, 6.07) is 1.86. The molecule has 120 valence electrons. The van der Waals surface area contributed by atoms with Gasteiger partial charge in [0.1, 0.15) is 13.2 Å². The van der Waals surface area contributed by atoms with Crippen LogP contribution in [0.3, 0.4) is 0 Å². The highest BCUT2D eigenvalue weighted by atomic mass is 16.6. The van der Waals surface area contributed by atoms with Crippen LogP contribution in [-0.4, -0.2) is 77.1 Å². The lowest BCUT2D eigenvalue weighted by Crippen LogP contribution is -2.44. The predicted molar refractivity (Wildman–Crippen MR) is 76.1 cm³/mol. The Balaban J connectivity index is 1.57. The summed E-state index contributed by atoms with van der Waals surface area (Å²) in [5.74, 6) is -0.0604. The standard InChI is InChI=1S/C14H20N4O4/c19-13(11-17-6-8-22-14(17)20)16-4-2-7-21-12(9-16)10-18-5-1-3-15-18/h1,3,5,12H,2,4,6-11H2/t12-/m1/s1. The molecule has 3 heterocycles. The zero-order valence-corrected chi connectivity index (χ0v) is 12.4. The molecule has 0 spiro atoms. The first-order chi connectivity index (χ1) is 10.7. The summed E-state index contributed by atoms with van der Waals surface area (Å²) in [5.41, 5.74) is 0. The Bertz CT molecular complexity index is 519. The average molecular weight is 308 g/mol. The first kappa shape index (κ1) is 14.8. The second-order valence-electron chi connectivity index (χ2n) is 5.45. The number of carbonyl (C=O) groups excluding carboxylic acids is 2. The molecule has 1 aromatic rings. The average Bonchev–Trinajstić information content (AvgIpc) is 3.08. The van der Waals surface area contributed by atoms with Gasteiger partial charge in [0.2, 0.25) is 5.91 Å². The van der Waals surface area contributed by atoms with Crippen molar-refractivity contribution in [3.8, 4) is 0 Å². The van der Waals surface area contributed by atoms with Crippen LogP contribution in [0, 0.1) is 0 Å². The lowest BCUT2D eigenvalue weighted by atomic mass is 10.3. The molecular formula is C14H20N4O4. The van der Waals surface area contributed by atoms with E-state index < -0.39 is 6.09 Å². The molecule has 8 nitrogen and oxygen atoms in total. The molecule has 0 aromatic carbocycles. The normalized spacial score (nSPS) is 22.5. The Hall–Kier alpha value is -2.09. The molecule has 0 unspecified atom stereocenters. The molecule has 2 fully saturated rings. The van der Waals surface area contributed by atoms with Gasteiger partial charge in [-0.1, -0.05) is 0 Å². The number of cyclic esters (lactones) is 1. The highest BCUT2D eigenvalue weighted by molar-refractivity contribution is 5.82. The largest absolute Gasteiger partial charge is 0.448 e. The second-order valence-corrected chi connectivity index (χ2v) is 5.45. The van der Waals surface area contributed by atoms with Gasteiger partial charge >= 0.3 is 6.09 Å². The Morgan fingerprint density at radius 1 is 1.36 bits per heavy atom. The molecule has 8 heteroatoms. The molecule has 2 saturated heterocycles.